The maximum atomic E-state index is 13.4. The van der Waals surface area contributed by atoms with Crippen LogP contribution in [0.5, 0.6) is 0 Å². The third-order valence-electron chi connectivity index (χ3n) is 2.96. The lowest BCUT2D eigenvalue weighted by Crippen LogP contribution is -2.40. The first-order valence-corrected chi connectivity index (χ1v) is 8.18. The standard InChI is InChI=1S/C14H21BrFNOS/c1-9(8-17-19(18)14(3,4)5)12-6-11(16)7-13(15)10(12)2/h6-7,9,17H,8H2,1-5H3/t9?,19-/m0/s1. The van der Waals surface area contributed by atoms with Crippen LogP contribution in [0.3, 0.4) is 0 Å². The van der Waals surface area contributed by atoms with Crippen LogP contribution in [0.15, 0.2) is 16.6 Å². The van der Waals surface area contributed by atoms with Gasteiger partial charge in [0.25, 0.3) is 0 Å². The first-order chi connectivity index (χ1) is 8.62. The fourth-order valence-electron chi connectivity index (χ4n) is 1.70. The van der Waals surface area contributed by atoms with E-state index in [0.717, 1.165) is 15.6 Å². The third kappa shape index (κ3) is 4.74. The molecule has 1 aromatic rings. The molecule has 2 nitrogen and oxygen atoms in total. The molecule has 0 aromatic heterocycles. The number of halogens is 2. The maximum absolute atomic E-state index is 13.4. The van der Waals surface area contributed by atoms with Crippen LogP contribution >= 0.6 is 15.9 Å². The molecule has 1 rings (SSSR count). The Hall–Kier alpha value is -0.100. The highest BCUT2D eigenvalue weighted by atomic mass is 79.9. The van der Waals surface area contributed by atoms with Gasteiger partial charge in [-0.15, -0.1) is 4.72 Å². The normalized spacial score (nSPS) is 15.4. The molecule has 0 radical (unpaired) electrons. The number of rotatable bonds is 4. The SMILES string of the molecule is Cc1c(Br)cc(F)cc1C(C)CN[S@@+]([O-])C(C)(C)C. The summed E-state index contributed by atoms with van der Waals surface area (Å²) in [5, 5.41) is 0. The second-order valence-electron chi connectivity index (χ2n) is 5.73. The van der Waals surface area contributed by atoms with Crippen LogP contribution in [0, 0.1) is 12.7 Å². The Morgan fingerprint density at radius 2 is 2.00 bits per heavy atom. The fourth-order valence-corrected chi connectivity index (χ4v) is 2.99. The quantitative estimate of drug-likeness (QED) is 0.832. The van der Waals surface area contributed by atoms with Crippen molar-refractivity contribution in [3.63, 3.8) is 0 Å². The van der Waals surface area contributed by atoms with Crippen molar-refractivity contribution in [3.05, 3.63) is 33.5 Å². The first kappa shape index (κ1) is 17.0. The minimum Gasteiger partial charge on any atom is -0.598 e. The van der Waals surface area contributed by atoms with Gasteiger partial charge in [-0.2, -0.15) is 0 Å². The van der Waals surface area contributed by atoms with Crippen LogP contribution in [0.25, 0.3) is 0 Å². The predicted molar refractivity (Wildman–Crippen MR) is 83.2 cm³/mol. The zero-order chi connectivity index (χ0) is 14.8. The average Bonchev–Trinajstić information content (AvgIpc) is 2.28. The van der Waals surface area contributed by atoms with E-state index in [-0.39, 0.29) is 16.5 Å². The lowest BCUT2D eigenvalue weighted by Gasteiger charge is -2.25. The minimum absolute atomic E-state index is 0.0956. The summed E-state index contributed by atoms with van der Waals surface area (Å²) >= 11 is 2.25. The molecular formula is C14H21BrFNOS. The fraction of sp³-hybridized carbons (Fsp3) is 0.571. The molecule has 0 spiro atoms. The molecular weight excluding hydrogens is 329 g/mol. The Morgan fingerprint density at radius 1 is 1.42 bits per heavy atom. The van der Waals surface area contributed by atoms with E-state index in [9.17, 15) is 8.94 Å². The first-order valence-electron chi connectivity index (χ1n) is 6.24. The lowest BCUT2D eigenvalue weighted by atomic mass is 9.96. The van der Waals surface area contributed by atoms with E-state index in [1.165, 1.54) is 6.07 Å². The summed E-state index contributed by atoms with van der Waals surface area (Å²) in [6, 6.07) is 3.01. The van der Waals surface area contributed by atoms with Gasteiger partial charge in [0.1, 0.15) is 10.6 Å². The highest BCUT2D eigenvalue weighted by Gasteiger charge is 2.27. The second-order valence-corrected chi connectivity index (χ2v) is 8.64. The molecule has 1 N–H and O–H groups in total. The monoisotopic (exact) mass is 349 g/mol. The van der Waals surface area contributed by atoms with Gasteiger partial charge in [-0.3, -0.25) is 0 Å². The Bertz CT molecular complexity index is 448. The number of benzene rings is 1. The van der Waals surface area contributed by atoms with Crippen LogP contribution in [-0.4, -0.2) is 15.8 Å². The van der Waals surface area contributed by atoms with Gasteiger partial charge in [0.05, 0.1) is 0 Å². The summed E-state index contributed by atoms with van der Waals surface area (Å²) in [6.07, 6.45) is 0. The molecule has 0 fully saturated rings. The van der Waals surface area contributed by atoms with Crippen molar-refractivity contribution < 1.29 is 8.94 Å². The molecule has 0 aliphatic rings. The van der Waals surface area contributed by atoms with Crippen LogP contribution in [-0.2, 0) is 11.4 Å². The summed E-state index contributed by atoms with van der Waals surface area (Å²) in [7, 11) is 0. The van der Waals surface area contributed by atoms with Gasteiger partial charge < -0.3 is 4.55 Å². The largest absolute Gasteiger partial charge is 0.598 e. The van der Waals surface area contributed by atoms with Gasteiger partial charge >= 0.3 is 0 Å². The molecule has 0 saturated heterocycles. The second kappa shape index (κ2) is 6.57. The molecule has 108 valence electrons. The van der Waals surface area contributed by atoms with Crippen molar-refractivity contribution in [3.8, 4) is 0 Å². The van der Waals surface area contributed by atoms with Gasteiger partial charge in [0.2, 0.25) is 0 Å². The van der Waals surface area contributed by atoms with Crippen LogP contribution in [0.4, 0.5) is 4.39 Å². The average molecular weight is 350 g/mol. The molecule has 0 saturated carbocycles. The van der Waals surface area contributed by atoms with Gasteiger partial charge in [0, 0.05) is 22.4 Å². The van der Waals surface area contributed by atoms with E-state index in [1.54, 1.807) is 6.07 Å². The molecule has 1 unspecified atom stereocenters. The number of hydrogen-bond acceptors (Lipinski definition) is 2. The van der Waals surface area contributed by atoms with Crippen molar-refractivity contribution in [1.29, 1.82) is 0 Å². The van der Waals surface area contributed by atoms with Gasteiger partial charge in [-0.25, -0.2) is 4.39 Å². The van der Waals surface area contributed by atoms with E-state index in [4.69, 9.17) is 0 Å². The molecule has 19 heavy (non-hydrogen) atoms. The van der Waals surface area contributed by atoms with Crippen molar-refractivity contribution in [2.75, 3.05) is 6.54 Å². The smallest absolute Gasteiger partial charge is 0.136 e. The van der Waals surface area contributed by atoms with E-state index >= 15 is 0 Å². The molecule has 1 aromatic carbocycles. The van der Waals surface area contributed by atoms with E-state index < -0.39 is 11.4 Å². The number of nitrogens with one attached hydrogen (secondary N) is 1. The predicted octanol–water partition coefficient (Wildman–Crippen LogP) is 4.05. The zero-order valence-corrected chi connectivity index (χ0v) is 14.4. The Balaban J connectivity index is 2.77. The molecule has 0 aliphatic carbocycles. The van der Waals surface area contributed by atoms with Crippen molar-refractivity contribution in [1.82, 2.24) is 4.72 Å². The van der Waals surface area contributed by atoms with Crippen LogP contribution < -0.4 is 4.72 Å². The van der Waals surface area contributed by atoms with Crippen molar-refractivity contribution in [2.24, 2.45) is 0 Å². The summed E-state index contributed by atoms with van der Waals surface area (Å²) in [5.74, 6) is -0.158. The summed E-state index contributed by atoms with van der Waals surface area (Å²) < 4.78 is 28.9. The van der Waals surface area contributed by atoms with Crippen LogP contribution in [0.2, 0.25) is 0 Å². The minimum atomic E-state index is -1.10. The molecule has 0 heterocycles. The summed E-state index contributed by atoms with van der Waals surface area (Å²) in [6.45, 7) is 10.3. The molecule has 2 atom stereocenters. The topological polar surface area (TPSA) is 35.1 Å². The molecule has 5 heteroatoms. The number of hydrogen-bond donors (Lipinski definition) is 1. The Labute approximate surface area is 126 Å². The van der Waals surface area contributed by atoms with Crippen molar-refractivity contribution >= 4 is 27.3 Å². The van der Waals surface area contributed by atoms with Crippen molar-refractivity contribution in [2.45, 2.75) is 45.3 Å². The van der Waals surface area contributed by atoms with Gasteiger partial charge in [0.15, 0.2) is 0 Å². The highest BCUT2D eigenvalue weighted by Crippen LogP contribution is 2.27. The molecule has 0 amide bonds. The molecule has 0 aliphatic heterocycles. The van der Waals surface area contributed by atoms with E-state index in [1.807, 2.05) is 34.6 Å². The lowest BCUT2D eigenvalue weighted by molar-refractivity contribution is 0.538. The Kier molecular flexibility index (Phi) is 5.86. The van der Waals surface area contributed by atoms with E-state index in [0.29, 0.717) is 6.54 Å². The summed E-state index contributed by atoms with van der Waals surface area (Å²) in [5.41, 5.74) is 1.96. The molecule has 0 bridgehead atoms. The third-order valence-corrected chi connectivity index (χ3v) is 5.32. The Morgan fingerprint density at radius 3 is 2.53 bits per heavy atom. The van der Waals surface area contributed by atoms with Gasteiger partial charge in [-0.1, -0.05) is 22.9 Å². The van der Waals surface area contributed by atoms with E-state index in [2.05, 4.69) is 20.7 Å². The summed E-state index contributed by atoms with van der Waals surface area (Å²) in [4.78, 5) is 0. The van der Waals surface area contributed by atoms with Gasteiger partial charge in [-0.05, 0) is 56.9 Å². The highest BCUT2D eigenvalue weighted by molar-refractivity contribution is 9.10. The maximum Gasteiger partial charge on any atom is 0.136 e. The zero-order valence-electron chi connectivity index (χ0n) is 12.0. The van der Waals surface area contributed by atoms with Crippen LogP contribution in [0.1, 0.15) is 44.7 Å².